The molecule has 1 aromatic heterocycles. The van der Waals surface area contributed by atoms with Crippen LogP contribution in [-0.4, -0.2) is 35.6 Å². The fourth-order valence-electron chi connectivity index (χ4n) is 2.44. The summed E-state index contributed by atoms with van der Waals surface area (Å²) in [5.41, 5.74) is 1.31. The van der Waals surface area contributed by atoms with Crippen LogP contribution in [0.5, 0.6) is 0 Å². The van der Waals surface area contributed by atoms with Gasteiger partial charge in [0.05, 0.1) is 16.4 Å². The quantitative estimate of drug-likeness (QED) is 0.642. The first-order chi connectivity index (χ1) is 11.5. The smallest absolute Gasteiger partial charge is 0.305 e. The molecule has 0 aliphatic carbocycles. The van der Waals surface area contributed by atoms with Crippen LogP contribution in [0, 0.1) is 10.1 Å². The molecule has 9 nitrogen and oxygen atoms in total. The molecule has 1 saturated heterocycles. The molecule has 3 rings (SSSR count). The number of sulfonamides is 1. The molecule has 1 N–H and O–H groups in total. The van der Waals surface area contributed by atoms with Crippen molar-refractivity contribution in [2.75, 3.05) is 21.9 Å². The lowest BCUT2D eigenvalue weighted by molar-refractivity contribution is -0.385. The maximum Gasteiger partial charge on any atom is 0.305 e. The predicted molar refractivity (Wildman–Crippen MR) is 88.2 cm³/mol. The molecule has 2 heterocycles. The Morgan fingerprint density at radius 3 is 2.67 bits per heavy atom. The molecule has 1 aromatic carbocycles. The van der Waals surface area contributed by atoms with Crippen molar-refractivity contribution in [1.82, 2.24) is 9.97 Å². The van der Waals surface area contributed by atoms with Crippen LogP contribution < -0.4 is 9.62 Å². The number of hydrogen-bond acceptors (Lipinski definition) is 7. The predicted octanol–water partition coefficient (Wildman–Crippen LogP) is 1.54. The van der Waals surface area contributed by atoms with E-state index in [4.69, 9.17) is 0 Å². The Hall–Kier alpha value is -2.75. The van der Waals surface area contributed by atoms with Crippen LogP contribution in [0.3, 0.4) is 0 Å². The second kappa shape index (κ2) is 6.40. The van der Waals surface area contributed by atoms with E-state index in [0.29, 0.717) is 25.2 Å². The van der Waals surface area contributed by atoms with Crippen molar-refractivity contribution in [2.24, 2.45) is 0 Å². The highest BCUT2D eigenvalue weighted by Gasteiger charge is 2.28. The molecule has 0 bridgehead atoms. The second-order valence-electron chi connectivity index (χ2n) is 5.29. The highest BCUT2D eigenvalue weighted by atomic mass is 32.2. The van der Waals surface area contributed by atoms with Crippen LogP contribution in [0.1, 0.15) is 12.0 Å². The largest absolute Gasteiger partial charge is 0.350 e. The van der Waals surface area contributed by atoms with E-state index >= 15 is 0 Å². The monoisotopic (exact) mass is 349 g/mol. The van der Waals surface area contributed by atoms with E-state index in [1.165, 1.54) is 4.31 Å². The average molecular weight is 349 g/mol. The molecular weight excluding hydrogens is 334 g/mol. The van der Waals surface area contributed by atoms with Crippen LogP contribution in [-0.2, 0) is 16.6 Å². The van der Waals surface area contributed by atoms with E-state index in [1.807, 2.05) is 6.07 Å². The zero-order valence-corrected chi connectivity index (χ0v) is 13.4. The highest BCUT2D eigenvalue weighted by molar-refractivity contribution is 7.93. The first-order valence-corrected chi connectivity index (χ1v) is 8.86. The van der Waals surface area contributed by atoms with Gasteiger partial charge in [-0.2, -0.15) is 0 Å². The number of nitrogens with one attached hydrogen (secondary N) is 1. The zero-order valence-electron chi connectivity index (χ0n) is 12.6. The molecule has 126 valence electrons. The van der Waals surface area contributed by atoms with E-state index in [1.54, 1.807) is 18.2 Å². The number of aromatic nitrogens is 2. The van der Waals surface area contributed by atoms with Crippen LogP contribution in [0.25, 0.3) is 0 Å². The van der Waals surface area contributed by atoms with Crippen LogP contribution >= 0.6 is 0 Å². The fraction of sp³-hybridized carbons (Fsp3) is 0.286. The van der Waals surface area contributed by atoms with Crippen molar-refractivity contribution in [1.29, 1.82) is 0 Å². The SMILES string of the molecule is O=[N+]([O-])c1cnc(NCc2cccc(N3CCCS3(=O)=O)c2)nc1. The van der Waals surface area contributed by atoms with Crippen molar-refractivity contribution >= 4 is 27.3 Å². The van der Waals surface area contributed by atoms with Crippen molar-refractivity contribution in [3.05, 3.63) is 52.3 Å². The molecule has 0 unspecified atom stereocenters. The third kappa shape index (κ3) is 3.43. The molecule has 0 amide bonds. The van der Waals surface area contributed by atoms with Gasteiger partial charge in [-0.05, 0) is 24.1 Å². The minimum atomic E-state index is -3.21. The summed E-state index contributed by atoms with van der Waals surface area (Å²) < 4.78 is 25.4. The fourth-order valence-corrected chi connectivity index (χ4v) is 4.00. The third-order valence-electron chi connectivity index (χ3n) is 3.60. The minimum Gasteiger partial charge on any atom is -0.350 e. The molecule has 1 aliphatic heterocycles. The molecule has 1 fully saturated rings. The summed E-state index contributed by atoms with van der Waals surface area (Å²) in [6.45, 7) is 0.865. The first-order valence-electron chi connectivity index (χ1n) is 7.25. The summed E-state index contributed by atoms with van der Waals surface area (Å²) >= 11 is 0. The van der Waals surface area contributed by atoms with Gasteiger partial charge in [0.15, 0.2) is 0 Å². The maximum absolute atomic E-state index is 12.0. The Bertz CT molecular complexity index is 854. The van der Waals surface area contributed by atoms with Gasteiger partial charge < -0.3 is 5.32 Å². The lowest BCUT2D eigenvalue weighted by Gasteiger charge is -2.17. The topological polar surface area (TPSA) is 118 Å². The number of anilines is 2. The van der Waals surface area contributed by atoms with Crippen molar-refractivity contribution in [3.63, 3.8) is 0 Å². The Balaban J connectivity index is 1.70. The lowest BCUT2D eigenvalue weighted by atomic mass is 10.2. The van der Waals surface area contributed by atoms with Crippen LogP contribution in [0.15, 0.2) is 36.7 Å². The van der Waals surface area contributed by atoms with Gasteiger partial charge in [-0.25, -0.2) is 18.4 Å². The van der Waals surface area contributed by atoms with E-state index < -0.39 is 14.9 Å². The molecule has 0 spiro atoms. The number of benzene rings is 1. The summed E-state index contributed by atoms with van der Waals surface area (Å²) in [5, 5.41) is 13.5. The van der Waals surface area contributed by atoms with Gasteiger partial charge in [0.1, 0.15) is 12.4 Å². The van der Waals surface area contributed by atoms with Crippen molar-refractivity contribution < 1.29 is 13.3 Å². The molecular formula is C14H15N5O4S. The van der Waals surface area contributed by atoms with Crippen LogP contribution in [0.2, 0.25) is 0 Å². The molecule has 0 radical (unpaired) electrons. The number of rotatable bonds is 5. The van der Waals surface area contributed by atoms with Crippen molar-refractivity contribution in [3.8, 4) is 0 Å². The van der Waals surface area contributed by atoms with Crippen molar-refractivity contribution in [2.45, 2.75) is 13.0 Å². The first kappa shape index (κ1) is 16.1. The molecule has 10 heteroatoms. The molecule has 1 aliphatic rings. The number of hydrogen-bond donors (Lipinski definition) is 1. The van der Waals surface area contributed by atoms with E-state index in [2.05, 4.69) is 15.3 Å². The standard InChI is InChI=1S/C14H15N5O4S/c20-19(21)13-9-16-14(17-10-13)15-8-11-3-1-4-12(7-11)18-5-2-6-24(18,22)23/h1,3-4,7,9-10H,2,5-6,8H2,(H,15,16,17). The molecule has 0 saturated carbocycles. The normalized spacial score (nSPS) is 16.1. The minimum absolute atomic E-state index is 0.173. The Labute approximate surface area is 138 Å². The van der Waals surface area contributed by atoms with E-state index in [9.17, 15) is 18.5 Å². The van der Waals surface area contributed by atoms with Gasteiger partial charge in [0.25, 0.3) is 0 Å². The molecule has 24 heavy (non-hydrogen) atoms. The second-order valence-corrected chi connectivity index (χ2v) is 7.30. The van der Waals surface area contributed by atoms with Gasteiger partial charge in [-0.3, -0.25) is 14.4 Å². The summed E-state index contributed by atoms with van der Waals surface area (Å²) in [6.07, 6.45) is 2.88. The number of nitrogens with zero attached hydrogens (tertiary/aromatic N) is 4. The van der Waals surface area contributed by atoms with Gasteiger partial charge in [0.2, 0.25) is 16.0 Å². The third-order valence-corrected chi connectivity index (χ3v) is 5.47. The van der Waals surface area contributed by atoms with E-state index in [0.717, 1.165) is 18.0 Å². The van der Waals surface area contributed by atoms with Gasteiger partial charge >= 0.3 is 5.69 Å². The van der Waals surface area contributed by atoms with E-state index in [-0.39, 0.29) is 17.4 Å². The van der Waals surface area contributed by atoms with Crippen LogP contribution in [0.4, 0.5) is 17.3 Å². The van der Waals surface area contributed by atoms with Gasteiger partial charge in [0, 0.05) is 13.1 Å². The van der Waals surface area contributed by atoms with Gasteiger partial charge in [-0.15, -0.1) is 0 Å². The number of nitro groups is 1. The molecule has 0 atom stereocenters. The zero-order chi connectivity index (χ0) is 17.2. The summed E-state index contributed by atoms with van der Waals surface area (Å²) in [6, 6.07) is 7.19. The summed E-state index contributed by atoms with van der Waals surface area (Å²) in [7, 11) is -3.21. The molecule has 2 aromatic rings. The van der Waals surface area contributed by atoms with Gasteiger partial charge in [-0.1, -0.05) is 12.1 Å². The average Bonchev–Trinajstić information content (AvgIpc) is 2.93. The summed E-state index contributed by atoms with van der Waals surface area (Å²) in [4.78, 5) is 17.7. The Morgan fingerprint density at radius 1 is 1.29 bits per heavy atom. The Morgan fingerprint density at radius 2 is 2.04 bits per heavy atom. The maximum atomic E-state index is 12.0. The highest BCUT2D eigenvalue weighted by Crippen LogP contribution is 2.25. The lowest BCUT2D eigenvalue weighted by Crippen LogP contribution is -2.25. The summed E-state index contributed by atoms with van der Waals surface area (Å²) in [5.74, 6) is 0.436. The Kier molecular flexibility index (Phi) is 4.30.